The van der Waals surface area contributed by atoms with E-state index in [1.807, 2.05) is 14.0 Å². The van der Waals surface area contributed by atoms with Crippen LogP contribution in [0.15, 0.2) is 33.6 Å². The number of nitrogens with one attached hydrogen (secondary N) is 2. The maximum absolute atomic E-state index is 12.7. The monoisotopic (exact) mass is 369 g/mol. The molecule has 5 nitrogen and oxygen atoms in total. The summed E-state index contributed by atoms with van der Waals surface area (Å²) in [6.07, 6.45) is 0.696. The first-order chi connectivity index (χ1) is 11.8. The smallest absolute Gasteiger partial charge is 0.342 e. The van der Waals surface area contributed by atoms with Crippen LogP contribution in [0.25, 0.3) is 0 Å². The van der Waals surface area contributed by atoms with Crippen LogP contribution >= 0.6 is 11.8 Å². The summed E-state index contributed by atoms with van der Waals surface area (Å²) in [6.45, 7) is 2.04. The molecule has 1 fully saturated rings. The molecule has 0 saturated heterocycles. The van der Waals surface area contributed by atoms with Gasteiger partial charge in [0.2, 0.25) is 0 Å². The lowest BCUT2D eigenvalue weighted by Gasteiger charge is -2.12. The van der Waals surface area contributed by atoms with E-state index in [1.165, 1.54) is 6.20 Å². The van der Waals surface area contributed by atoms with Gasteiger partial charge in [-0.15, -0.1) is 11.8 Å². The van der Waals surface area contributed by atoms with Crippen molar-refractivity contribution in [1.82, 2.24) is 9.55 Å². The summed E-state index contributed by atoms with van der Waals surface area (Å²) in [5.74, 6) is 3.02. The molecule has 25 heavy (non-hydrogen) atoms. The predicted molar refractivity (Wildman–Crippen MR) is 93.6 cm³/mol. The third kappa shape index (κ3) is 3.81. The third-order valence-electron chi connectivity index (χ3n) is 3.89. The van der Waals surface area contributed by atoms with E-state index >= 15 is 0 Å². The third-order valence-corrected chi connectivity index (χ3v) is 4.92. The molecule has 3 rings (SSSR count). The van der Waals surface area contributed by atoms with Crippen LogP contribution in [-0.4, -0.2) is 33.4 Å². The number of anilines is 1. The van der Waals surface area contributed by atoms with Gasteiger partial charge in [-0.2, -0.15) is 13.2 Å². The fraction of sp³-hybridized carbons (Fsp3) is 0.438. The number of alkyl halides is 3. The van der Waals surface area contributed by atoms with Crippen LogP contribution in [0, 0.1) is 5.41 Å². The van der Waals surface area contributed by atoms with Gasteiger partial charge in [-0.1, -0.05) is 6.92 Å². The molecule has 0 aromatic carbocycles. The number of nitrogens with zero attached hydrogens (tertiary/aromatic N) is 3. The first kappa shape index (κ1) is 17.8. The van der Waals surface area contributed by atoms with Gasteiger partial charge >= 0.3 is 6.18 Å². The van der Waals surface area contributed by atoms with Gasteiger partial charge < -0.3 is 9.88 Å². The molecule has 134 valence electrons. The van der Waals surface area contributed by atoms with Crippen LogP contribution < -0.4 is 5.32 Å². The van der Waals surface area contributed by atoms with Gasteiger partial charge in [0.25, 0.3) is 0 Å². The van der Waals surface area contributed by atoms with Crippen molar-refractivity contribution in [2.45, 2.75) is 36.9 Å². The summed E-state index contributed by atoms with van der Waals surface area (Å²) in [5, 5.41) is 11.7. The Labute approximate surface area is 147 Å². The van der Waals surface area contributed by atoms with Crippen LogP contribution in [0.2, 0.25) is 0 Å². The zero-order valence-corrected chi connectivity index (χ0v) is 14.6. The van der Waals surface area contributed by atoms with E-state index in [9.17, 15) is 13.2 Å². The van der Waals surface area contributed by atoms with Crippen molar-refractivity contribution in [1.29, 1.82) is 5.41 Å². The van der Waals surface area contributed by atoms with Crippen molar-refractivity contribution in [2.75, 3.05) is 11.1 Å². The standard InChI is InChI=1S/C16H18F3N5S/c1-3-25-15-13(23-14(24(15)2)9-4-5-9)22-8-12-11(20)6-10(7-21-12)16(17,18)19/h6-9,20,22H,3-5H2,1-2H3/b12-8+,20-11?. The molecule has 1 aromatic rings. The molecule has 2 heterocycles. The SMILES string of the molecule is CCSc1c(N/C=C2/N=CC(C(F)(F)F)=CC2=N)nc(C2CC2)n1C. The van der Waals surface area contributed by atoms with Crippen molar-refractivity contribution in [2.24, 2.45) is 12.0 Å². The Morgan fingerprint density at radius 3 is 2.72 bits per heavy atom. The summed E-state index contributed by atoms with van der Waals surface area (Å²) < 4.78 is 40.0. The summed E-state index contributed by atoms with van der Waals surface area (Å²) in [4.78, 5) is 8.37. The maximum Gasteiger partial charge on any atom is 0.417 e. The molecule has 1 aliphatic carbocycles. The Balaban J connectivity index is 1.81. The van der Waals surface area contributed by atoms with Crippen molar-refractivity contribution in [3.05, 3.63) is 29.4 Å². The molecule has 1 saturated carbocycles. The number of dihydropyridines is 1. The molecule has 2 aliphatic rings. The maximum atomic E-state index is 12.7. The van der Waals surface area contributed by atoms with E-state index in [0.29, 0.717) is 11.7 Å². The molecule has 0 atom stereocenters. The van der Waals surface area contributed by atoms with E-state index < -0.39 is 11.7 Å². The lowest BCUT2D eigenvalue weighted by molar-refractivity contribution is -0.0855. The largest absolute Gasteiger partial charge is 0.417 e. The predicted octanol–water partition coefficient (Wildman–Crippen LogP) is 4.26. The van der Waals surface area contributed by atoms with Gasteiger partial charge in [-0.05, 0) is 24.7 Å². The van der Waals surface area contributed by atoms with Gasteiger partial charge in [-0.25, -0.2) is 4.98 Å². The summed E-state index contributed by atoms with van der Waals surface area (Å²) in [5.41, 5.74) is -1.07. The normalized spacial score (nSPS) is 19.5. The molecule has 1 aliphatic heterocycles. The van der Waals surface area contributed by atoms with Crippen molar-refractivity contribution < 1.29 is 13.2 Å². The molecule has 0 radical (unpaired) electrons. The fourth-order valence-corrected chi connectivity index (χ4v) is 3.29. The Morgan fingerprint density at radius 2 is 2.16 bits per heavy atom. The highest BCUT2D eigenvalue weighted by molar-refractivity contribution is 7.99. The summed E-state index contributed by atoms with van der Waals surface area (Å²) in [7, 11) is 1.97. The Hall–Kier alpha value is -2.03. The molecule has 0 spiro atoms. The number of halogens is 3. The molecule has 0 unspecified atom stereocenters. The van der Waals surface area contributed by atoms with E-state index in [-0.39, 0.29) is 11.4 Å². The zero-order valence-electron chi connectivity index (χ0n) is 13.8. The first-order valence-electron chi connectivity index (χ1n) is 7.89. The van der Waals surface area contributed by atoms with Crippen molar-refractivity contribution in [3.63, 3.8) is 0 Å². The minimum Gasteiger partial charge on any atom is -0.342 e. The first-order valence-corrected chi connectivity index (χ1v) is 8.87. The van der Waals surface area contributed by atoms with Gasteiger partial charge in [0.05, 0.1) is 11.3 Å². The van der Waals surface area contributed by atoms with Gasteiger partial charge in [0.15, 0.2) is 5.82 Å². The number of rotatable bonds is 5. The Morgan fingerprint density at radius 1 is 1.44 bits per heavy atom. The lowest BCUT2D eigenvalue weighted by Crippen LogP contribution is -2.18. The quantitative estimate of drug-likeness (QED) is 0.763. The fourth-order valence-electron chi connectivity index (χ4n) is 2.48. The average molecular weight is 369 g/mol. The molecular formula is C16H18F3N5S. The number of aromatic nitrogens is 2. The number of imidazole rings is 1. The van der Waals surface area contributed by atoms with Crippen molar-refractivity contribution in [3.8, 4) is 0 Å². The molecule has 2 N–H and O–H groups in total. The van der Waals surface area contributed by atoms with Crippen LogP contribution in [0.5, 0.6) is 0 Å². The number of thioether (sulfide) groups is 1. The summed E-state index contributed by atoms with van der Waals surface area (Å²) >= 11 is 1.64. The highest BCUT2D eigenvalue weighted by Gasteiger charge is 2.34. The van der Waals surface area contributed by atoms with E-state index in [1.54, 1.807) is 11.8 Å². The highest BCUT2D eigenvalue weighted by atomic mass is 32.2. The van der Waals surface area contributed by atoms with E-state index in [0.717, 1.165) is 41.7 Å². The van der Waals surface area contributed by atoms with Crippen molar-refractivity contribution >= 4 is 29.5 Å². The molecule has 9 heteroatoms. The minimum absolute atomic E-state index is 0.138. The number of hydrogen-bond donors (Lipinski definition) is 2. The summed E-state index contributed by atoms with van der Waals surface area (Å²) in [6, 6.07) is 0. The van der Waals surface area contributed by atoms with Crippen LogP contribution in [0.4, 0.5) is 19.0 Å². The number of aliphatic imine (C=N–C) groups is 1. The van der Waals surface area contributed by atoms with E-state index in [4.69, 9.17) is 5.41 Å². The average Bonchev–Trinajstić information content (AvgIpc) is 3.33. The van der Waals surface area contributed by atoms with Gasteiger partial charge in [0, 0.05) is 25.4 Å². The number of hydrogen-bond acceptors (Lipinski definition) is 5. The minimum atomic E-state index is -4.50. The second-order valence-electron chi connectivity index (χ2n) is 5.83. The molecule has 0 amide bonds. The van der Waals surface area contributed by atoms with Crippen LogP contribution in [0.1, 0.15) is 31.5 Å². The Bertz CT molecular complexity index is 784. The topological polar surface area (TPSA) is 66.1 Å². The van der Waals surface area contributed by atoms with Crippen LogP contribution in [0.3, 0.4) is 0 Å². The second-order valence-corrected chi connectivity index (χ2v) is 7.09. The highest BCUT2D eigenvalue weighted by Crippen LogP contribution is 2.42. The number of allylic oxidation sites excluding steroid dienone is 2. The van der Waals surface area contributed by atoms with Gasteiger partial charge in [0.1, 0.15) is 16.5 Å². The Kier molecular flexibility index (Phi) is 4.77. The zero-order chi connectivity index (χ0) is 18.2. The van der Waals surface area contributed by atoms with E-state index in [2.05, 4.69) is 19.9 Å². The lowest BCUT2D eigenvalue weighted by atomic mass is 10.1. The molecule has 0 bridgehead atoms. The van der Waals surface area contributed by atoms with Gasteiger partial charge in [-0.3, -0.25) is 10.4 Å². The molecular weight excluding hydrogens is 351 g/mol. The second kappa shape index (κ2) is 6.70. The molecule has 1 aromatic heterocycles. The van der Waals surface area contributed by atoms with Crippen LogP contribution in [-0.2, 0) is 7.05 Å².